The highest BCUT2D eigenvalue weighted by atomic mass is 16.5. The molecule has 2 rings (SSSR count). The Labute approximate surface area is 110 Å². The summed E-state index contributed by atoms with van der Waals surface area (Å²) in [6, 6.07) is 1.13. The Morgan fingerprint density at radius 3 is 2.67 bits per heavy atom. The molecule has 1 heterocycles. The minimum absolute atomic E-state index is 0.0371. The minimum Gasteiger partial charge on any atom is -0.465 e. The normalized spacial score (nSPS) is 25.4. The van der Waals surface area contributed by atoms with E-state index in [-0.39, 0.29) is 12.0 Å². The van der Waals surface area contributed by atoms with Gasteiger partial charge in [0, 0.05) is 18.6 Å². The maximum absolute atomic E-state index is 12.0. The number of hydrogen-bond acceptors (Lipinski definition) is 4. The third-order valence-electron chi connectivity index (χ3n) is 3.96. The zero-order valence-electron chi connectivity index (χ0n) is 11.7. The van der Waals surface area contributed by atoms with Gasteiger partial charge in [0.25, 0.3) is 0 Å². The Bertz CT molecular complexity index is 273. The Hall–Kier alpha value is -0.610. The van der Waals surface area contributed by atoms with Crippen LogP contribution in [0.3, 0.4) is 0 Å². The largest absolute Gasteiger partial charge is 0.465 e. The van der Waals surface area contributed by atoms with Crippen molar-refractivity contribution in [3.63, 3.8) is 0 Å². The highest BCUT2D eigenvalue weighted by Gasteiger charge is 2.38. The summed E-state index contributed by atoms with van der Waals surface area (Å²) in [5.74, 6) is -0.0371. The smallest absolute Gasteiger partial charge is 0.323 e. The van der Waals surface area contributed by atoms with E-state index in [1.54, 1.807) is 0 Å². The second-order valence-corrected chi connectivity index (χ2v) is 5.40. The zero-order chi connectivity index (χ0) is 13.0. The van der Waals surface area contributed by atoms with E-state index in [2.05, 4.69) is 17.1 Å². The van der Waals surface area contributed by atoms with Crippen LogP contribution in [0.2, 0.25) is 0 Å². The van der Waals surface area contributed by atoms with Crippen molar-refractivity contribution in [3.05, 3.63) is 0 Å². The van der Waals surface area contributed by atoms with Crippen molar-refractivity contribution in [2.75, 3.05) is 19.7 Å². The maximum Gasteiger partial charge on any atom is 0.323 e. The molecule has 104 valence electrons. The lowest BCUT2D eigenvalue weighted by Gasteiger charge is -2.31. The van der Waals surface area contributed by atoms with Gasteiger partial charge in [-0.25, -0.2) is 0 Å². The van der Waals surface area contributed by atoms with E-state index >= 15 is 0 Å². The molecule has 4 nitrogen and oxygen atoms in total. The zero-order valence-corrected chi connectivity index (χ0v) is 11.7. The molecule has 1 aliphatic carbocycles. The van der Waals surface area contributed by atoms with Crippen LogP contribution in [0.25, 0.3) is 0 Å². The van der Waals surface area contributed by atoms with Crippen LogP contribution >= 0.6 is 0 Å². The summed E-state index contributed by atoms with van der Waals surface area (Å²) in [6.45, 7) is 6.57. The predicted molar refractivity (Wildman–Crippen MR) is 71.5 cm³/mol. The molecule has 2 unspecified atom stereocenters. The molecule has 2 atom stereocenters. The Balaban J connectivity index is 1.95. The van der Waals surface area contributed by atoms with Crippen LogP contribution in [0.15, 0.2) is 0 Å². The van der Waals surface area contributed by atoms with Crippen molar-refractivity contribution in [1.29, 1.82) is 0 Å². The van der Waals surface area contributed by atoms with Crippen LogP contribution in [0, 0.1) is 0 Å². The average Bonchev–Trinajstić information content (AvgIpc) is 3.08. The minimum atomic E-state index is -0.0418. The van der Waals surface area contributed by atoms with Crippen molar-refractivity contribution < 1.29 is 9.53 Å². The molecule has 1 saturated carbocycles. The Kier molecular flexibility index (Phi) is 5.01. The fourth-order valence-corrected chi connectivity index (χ4v) is 2.88. The van der Waals surface area contributed by atoms with Crippen molar-refractivity contribution in [1.82, 2.24) is 10.2 Å². The summed E-state index contributed by atoms with van der Waals surface area (Å²) in [5, 5.41) is 3.53. The summed E-state index contributed by atoms with van der Waals surface area (Å²) in [4.78, 5) is 14.4. The molecule has 18 heavy (non-hydrogen) atoms. The SMILES string of the molecule is CCOC(=O)C(CC)N(CC1CCCN1)C1CC1. The number of nitrogens with one attached hydrogen (secondary N) is 1. The molecule has 0 aromatic rings. The Morgan fingerprint density at radius 1 is 1.39 bits per heavy atom. The highest BCUT2D eigenvalue weighted by molar-refractivity contribution is 5.75. The van der Waals surface area contributed by atoms with Gasteiger partial charge in [0.15, 0.2) is 0 Å². The molecule has 2 fully saturated rings. The number of hydrogen-bond donors (Lipinski definition) is 1. The number of rotatable bonds is 7. The molecule has 0 spiro atoms. The molecule has 1 aliphatic heterocycles. The lowest BCUT2D eigenvalue weighted by molar-refractivity contribution is -0.150. The van der Waals surface area contributed by atoms with Crippen LogP contribution in [0.4, 0.5) is 0 Å². The van der Waals surface area contributed by atoms with Crippen LogP contribution in [-0.2, 0) is 9.53 Å². The van der Waals surface area contributed by atoms with Gasteiger partial charge in [-0.1, -0.05) is 6.92 Å². The first-order valence-electron chi connectivity index (χ1n) is 7.42. The first kappa shape index (κ1) is 13.8. The van der Waals surface area contributed by atoms with E-state index < -0.39 is 0 Å². The van der Waals surface area contributed by atoms with Crippen LogP contribution in [0.5, 0.6) is 0 Å². The van der Waals surface area contributed by atoms with Gasteiger partial charge in [-0.05, 0) is 45.6 Å². The van der Waals surface area contributed by atoms with Gasteiger partial charge in [-0.15, -0.1) is 0 Å². The molecule has 1 saturated heterocycles. The first-order valence-corrected chi connectivity index (χ1v) is 7.42. The Morgan fingerprint density at radius 2 is 2.17 bits per heavy atom. The van der Waals surface area contributed by atoms with Gasteiger partial charge < -0.3 is 10.1 Å². The highest BCUT2D eigenvalue weighted by Crippen LogP contribution is 2.30. The second-order valence-electron chi connectivity index (χ2n) is 5.40. The number of carbonyl (C=O) groups is 1. The van der Waals surface area contributed by atoms with Crippen molar-refractivity contribution in [3.8, 4) is 0 Å². The topological polar surface area (TPSA) is 41.6 Å². The number of nitrogens with zero attached hydrogens (tertiary/aromatic N) is 1. The van der Waals surface area contributed by atoms with Crippen molar-refractivity contribution in [2.24, 2.45) is 0 Å². The lowest BCUT2D eigenvalue weighted by Crippen LogP contribution is -2.48. The molecule has 0 aromatic heterocycles. The fraction of sp³-hybridized carbons (Fsp3) is 0.929. The average molecular weight is 254 g/mol. The van der Waals surface area contributed by atoms with Gasteiger partial charge in [-0.3, -0.25) is 9.69 Å². The monoisotopic (exact) mass is 254 g/mol. The van der Waals surface area contributed by atoms with Crippen LogP contribution < -0.4 is 5.32 Å². The predicted octanol–water partition coefficient (Wildman–Crippen LogP) is 1.54. The number of carbonyl (C=O) groups excluding carboxylic acids is 1. The molecule has 0 radical (unpaired) electrons. The van der Waals surface area contributed by atoms with Crippen molar-refractivity contribution in [2.45, 2.75) is 64.1 Å². The van der Waals surface area contributed by atoms with E-state index in [0.29, 0.717) is 18.7 Å². The molecule has 0 aromatic carbocycles. The number of ether oxygens (including phenoxy) is 1. The lowest BCUT2D eigenvalue weighted by atomic mass is 10.1. The van der Waals surface area contributed by atoms with Crippen molar-refractivity contribution >= 4 is 5.97 Å². The molecule has 0 bridgehead atoms. The third kappa shape index (κ3) is 3.45. The standard InChI is InChI=1S/C14H26N2O2/c1-3-13(14(17)18-4-2)16(12-7-8-12)10-11-6-5-9-15-11/h11-13,15H,3-10H2,1-2H3. The summed E-state index contributed by atoms with van der Waals surface area (Å²) in [7, 11) is 0. The summed E-state index contributed by atoms with van der Waals surface area (Å²) >= 11 is 0. The quantitative estimate of drug-likeness (QED) is 0.700. The summed E-state index contributed by atoms with van der Waals surface area (Å²) in [5.41, 5.74) is 0. The fourth-order valence-electron chi connectivity index (χ4n) is 2.88. The van der Waals surface area contributed by atoms with E-state index in [0.717, 1.165) is 19.5 Å². The van der Waals surface area contributed by atoms with E-state index in [1.807, 2.05) is 6.92 Å². The summed E-state index contributed by atoms with van der Waals surface area (Å²) in [6.07, 6.45) is 5.83. The number of esters is 1. The molecule has 1 N–H and O–H groups in total. The summed E-state index contributed by atoms with van der Waals surface area (Å²) < 4.78 is 5.22. The van der Waals surface area contributed by atoms with E-state index in [1.165, 1.54) is 25.7 Å². The first-order chi connectivity index (χ1) is 8.76. The van der Waals surface area contributed by atoms with Crippen LogP contribution in [0.1, 0.15) is 46.0 Å². The van der Waals surface area contributed by atoms with E-state index in [4.69, 9.17) is 4.74 Å². The molecule has 4 heteroatoms. The third-order valence-corrected chi connectivity index (χ3v) is 3.96. The van der Waals surface area contributed by atoms with Gasteiger partial charge in [0.05, 0.1) is 6.61 Å². The molecular formula is C14H26N2O2. The molecule has 0 amide bonds. The second kappa shape index (κ2) is 6.53. The van der Waals surface area contributed by atoms with Gasteiger partial charge in [-0.2, -0.15) is 0 Å². The molecule has 2 aliphatic rings. The van der Waals surface area contributed by atoms with Crippen LogP contribution in [-0.4, -0.2) is 48.7 Å². The van der Waals surface area contributed by atoms with Gasteiger partial charge in [0.2, 0.25) is 0 Å². The van der Waals surface area contributed by atoms with E-state index in [9.17, 15) is 4.79 Å². The molecular weight excluding hydrogens is 228 g/mol. The maximum atomic E-state index is 12.0. The van der Waals surface area contributed by atoms with Gasteiger partial charge in [0.1, 0.15) is 6.04 Å². The van der Waals surface area contributed by atoms with Gasteiger partial charge >= 0.3 is 5.97 Å².